The molecule has 0 bridgehead atoms. The molecule has 1 amide bonds. The molecule has 4 nitrogen and oxygen atoms in total. The number of amides is 1. The van der Waals surface area contributed by atoms with Gasteiger partial charge in [0, 0.05) is 23.2 Å². The van der Waals surface area contributed by atoms with Crippen LogP contribution in [0.25, 0.3) is 0 Å². The SMILES string of the molecule is CSc1ccccc1C(=O)NC1CCC(Oc2ccccn2)CC1. The van der Waals surface area contributed by atoms with Crippen molar-refractivity contribution in [3.8, 4) is 5.88 Å². The molecule has 0 aliphatic heterocycles. The van der Waals surface area contributed by atoms with Crippen LogP contribution in [0.1, 0.15) is 36.0 Å². The van der Waals surface area contributed by atoms with E-state index in [-0.39, 0.29) is 18.1 Å². The number of carbonyl (C=O) groups is 1. The lowest BCUT2D eigenvalue weighted by Crippen LogP contribution is -2.39. The van der Waals surface area contributed by atoms with Gasteiger partial charge in [0.15, 0.2) is 0 Å². The zero-order chi connectivity index (χ0) is 16.8. The van der Waals surface area contributed by atoms with Gasteiger partial charge in [0.1, 0.15) is 6.10 Å². The molecular formula is C19H22N2O2S. The smallest absolute Gasteiger partial charge is 0.252 e. The molecule has 2 aromatic rings. The fourth-order valence-corrected chi connectivity index (χ4v) is 3.60. The normalized spacial score (nSPS) is 20.4. The fourth-order valence-electron chi connectivity index (χ4n) is 3.01. The molecule has 5 heteroatoms. The highest BCUT2D eigenvalue weighted by Gasteiger charge is 2.24. The molecule has 126 valence electrons. The van der Waals surface area contributed by atoms with Crippen LogP contribution in [0.3, 0.4) is 0 Å². The zero-order valence-corrected chi connectivity index (χ0v) is 14.6. The highest BCUT2D eigenvalue weighted by Crippen LogP contribution is 2.24. The number of ether oxygens (including phenoxy) is 1. The van der Waals surface area contributed by atoms with E-state index in [9.17, 15) is 4.79 Å². The van der Waals surface area contributed by atoms with Gasteiger partial charge < -0.3 is 10.1 Å². The monoisotopic (exact) mass is 342 g/mol. The lowest BCUT2D eigenvalue weighted by atomic mass is 9.92. The third kappa shape index (κ3) is 4.29. The van der Waals surface area contributed by atoms with Gasteiger partial charge in [-0.15, -0.1) is 11.8 Å². The van der Waals surface area contributed by atoms with Gasteiger partial charge in [-0.05, 0) is 50.1 Å². The van der Waals surface area contributed by atoms with E-state index in [1.54, 1.807) is 18.0 Å². The molecule has 1 aromatic heterocycles. The predicted molar refractivity (Wildman–Crippen MR) is 96.6 cm³/mol. The molecule has 3 rings (SSSR count). The summed E-state index contributed by atoms with van der Waals surface area (Å²) in [4.78, 5) is 17.7. The largest absolute Gasteiger partial charge is 0.474 e. The minimum Gasteiger partial charge on any atom is -0.474 e. The molecule has 1 heterocycles. The van der Waals surface area contributed by atoms with E-state index in [1.807, 2.05) is 48.7 Å². The Morgan fingerprint density at radius 3 is 2.58 bits per heavy atom. The Bertz CT molecular complexity index is 670. The van der Waals surface area contributed by atoms with Gasteiger partial charge in [0.25, 0.3) is 5.91 Å². The average molecular weight is 342 g/mol. The number of carbonyl (C=O) groups excluding carboxylic acids is 1. The van der Waals surface area contributed by atoms with E-state index in [4.69, 9.17) is 4.74 Å². The third-order valence-electron chi connectivity index (χ3n) is 4.29. The van der Waals surface area contributed by atoms with Gasteiger partial charge in [-0.3, -0.25) is 4.79 Å². The summed E-state index contributed by atoms with van der Waals surface area (Å²) in [6, 6.07) is 13.6. The topological polar surface area (TPSA) is 51.2 Å². The zero-order valence-electron chi connectivity index (χ0n) is 13.8. The van der Waals surface area contributed by atoms with Crippen LogP contribution in [0.15, 0.2) is 53.6 Å². The highest BCUT2D eigenvalue weighted by molar-refractivity contribution is 7.98. The van der Waals surface area contributed by atoms with E-state index in [0.717, 1.165) is 36.1 Å². The second-order valence-electron chi connectivity index (χ2n) is 5.93. The number of nitrogens with one attached hydrogen (secondary N) is 1. The second-order valence-corrected chi connectivity index (χ2v) is 6.78. The molecule has 1 aliphatic carbocycles. The number of thioether (sulfide) groups is 1. The summed E-state index contributed by atoms with van der Waals surface area (Å²) in [7, 11) is 0. The van der Waals surface area contributed by atoms with E-state index < -0.39 is 0 Å². The summed E-state index contributed by atoms with van der Waals surface area (Å²) >= 11 is 1.60. The third-order valence-corrected chi connectivity index (χ3v) is 5.08. The van der Waals surface area contributed by atoms with Crippen molar-refractivity contribution in [3.63, 3.8) is 0 Å². The molecule has 1 fully saturated rings. The Morgan fingerprint density at radius 1 is 1.12 bits per heavy atom. The Balaban J connectivity index is 1.51. The van der Waals surface area contributed by atoms with Crippen LogP contribution in [0.5, 0.6) is 5.88 Å². The van der Waals surface area contributed by atoms with E-state index >= 15 is 0 Å². The lowest BCUT2D eigenvalue weighted by molar-refractivity contribution is 0.0887. The number of hydrogen-bond donors (Lipinski definition) is 1. The molecule has 0 saturated heterocycles. The number of nitrogens with zero attached hydrogens (tertiary/aromatic N) is 1. The molecule has 1 N–H and O–H groups in total. The first-order valence-electron chi connectivity index (χ1n) is 8.28. The Morgan fingerprint density at radius 2 is 1.88 bits per heavy atom. The van der Waals surface area contributed by atoms with Crippen LogP contribution >= 0.6 is 11.8 Å². The van der Waals surface area contributed by atoms with E-state index in [0.29, 0.717) is 5.88 Å². The molecule has 0 unspecified atom stereocenters. The first-order valence-corrected chi connectivity index (χ1v) is 9.50. The Kier molecular flexibility index (Phi) is 5.75. The van der Waals surface area contributed by atoms with Crippen molar-refractivity contribution in [1.29, 1.82) is 0 Å². The fraction of sp³-hybridized carbons (Fsp3) is 0.368. The van der Waals surface area contributed by atoms with Crippen LogP contribution < -0.4 is 10.1 Å². The molecule has 1 aromatic carbocycles. The molecule has 0 radical (unpaired) electrons. The molecule has 0 spiro atoms. The Hall–Kier alpha value is -2.01. The molecule has 1 aliphatic rings. The molecule has 24 heavy (non-hydrogen) atoms. The van der Waals surface area contributed by atoms with Gasteiger partial charge in [0.05, 0.1) is 5.56 Å². The molecule has 0 atom stereocenters. The van der Waals surface area contributed by atoms with Crippen molar-refractivity contribution in [3.05, 3.63) is 54.2 Å². The predicted octanol–water partition coefficient (Wildman–Crippen LogP) is 3.92. The van der Waals surface area contributed by atoms with Crippen LogP contribution in [0.4, 0.5) is 0 Å². The van der Waals surface area contributed by atoms with Crippen LogP contribution in [0, 0.1) is 0 Å². The summed E-state index contributed by atoms with van der Waals surface area (Å²) < 4.78 is 5.90. The van der Waals surface area contributed by atoms with Gasteiger partial charge in [-0.1, -0.05) is 18.2 Å². The number of aromatic nitrogens is 1. The van der Waals surface area contributed by atoms with Crippen LogP contribution in [0.2, 0.25) is 0 Å². The number of benzene rings is 1. The number of rotatable bonds is 5. The minimum atomic E-state index is 0.0223. The maximum absolute atomic E-state index is 12.5. The second kappa shape index (κ2) is 8.20. The minimum absolute atomic E-state index is 0.0223. The van der Waals surface area contributed by atoms with Crippen molar-refractivity contribution in [1.82, 2.24) is 10.3 Å². The van der Waals surface area contributed by atoms with Crippen LogP contribution in [-0.2, 0) is 0 Å². The summed E-state index contributed by atoms with van der Waals surface area (Å²) in [5.41, 5.74) is 0.761. The molecule has 1 saturated carbocycles. The quantitative estimate of drug-likeness (QED) is 0.837. The van der Waals surface area contributed by atoms with E-state index in [1.165, 1.54) is 0 Å². The lowest BCUT2D eigenvalue weighted by Gasteiger charge is -2.29. The van der Waals surface area contributed by atoms with Crippen molar-refractivity contribution in [2.75, 3.05) is 6.26 Å². The maximum Gasteiger partial charge on any atom is 0.252 e. The number of hydrogen-bond acceptors (Lipinski definition) is 4. The van der Waals surface area contributed by atoms with Crippen molar-refractivity contribution >= 4 is 17.7 Å². The van der Waals surface area contributed by atoms with Crippen molar-refractivity contribution < 1.29 is 9.53 Å². The summed E-state index contributed by atoms with van der Waals surface area (Å²) in [5, 5.41) is 3.17. The summed E-state index contributed by atoms with van der Waals surface area (Å²) in [6.45, 7) is 0. The van der Waals surface area contributed by atoms with Gasteiger partial charge in [0.2, 0.25) is 5.88 Å². The van der Waals surface area contributed by atoms with Crippen molar-refractivity contribution in [2.24, 2.45) is 0 Å². The van der Waals surface area contributed by atoms with E-state index in [2.05, 4.69) is 10.3 Å². The van der Waals surface area contributed by atoms with Gasteiger partial charge in [-0.2, -0.15) is 0 Å². The standard InChI is InChI=1S/C19H22N2O2S/c1-24-17-7-3-2-6-16(17)19(22)21-14-9-11-15(12-10-14)23-18-8-4-5-13-20-18/h2-8,13-15H,9-12H2,1H3,(H,21,22). The highest BCUT2D eigenvalue weighted by atomic mass is 32.2. The number of pyridine rings is 1. The first-order chi connectivity index (χ1) is 11.8. The van der Waals surface area contributed by atoms with Gasteiger partial charge in [-0.25, -0.2) is 4.98 Å². The van der Waals surface area contributed by atoms with Crippen LogP contribution in [-0.4, -0.2) is 29.3 Å². The average Bonchev–Trinajstić information content (AvgIpc) is 2.64. The Labute approximate surface area is 147 Å². The van der Waals surface area contributed by atoms with Gasteiger partial charge >= 0.3 is 0 Å². The summed E-state index contributed by atoms with van der Waals surface area (Å²) in [6.07, 6.45) is 7.66. The maximum atomic E-state index is 12.5. The van der Waals surface area contributed by atoms with Crippen molar-refractivity contribution in [2.45, 2.75) is 42.7 Å². The molecular weight excluding hydrogens is 320 g/mol. The summed E-state index contributed by atoms with van der Waals surface area (Å²) in [5.74, 6) is 0.702. The first kappa shape index (κ1) is 16.8.